The van der Waals surface area contributed by atoms with Gasteiger partial charge >= 0.3 is 6.18 Å². The van der Waals surface area contributed by atoms with Crippen molar-refractivity contribution in [3.8, 4) is 11.3 Å². The first-order chi connectivity index (χ1) is 13.2. The summed E-state index contributed by atoms with van der Waals surface area (Å²) in [6, 6.07) is 6.73. The van der Waals surface area contributed by atoms with Crippen LogP contribution in [0.25, 0.3) is 17.4 Å². The zero-order valence-electron chi connectivity index (χ0n) is 15.0. The fourth-order valence-electron chi connectivity index (χ4n) is 2.65. The van der Waals surface area contributed by atoms with E-state index in [2.05, 4.69) is 4.99 Å². The highest BCUT2D eigenvalue weighted by Gasteiger charge is 2.34. The molecule has 0 saturated carbocycles. The molecule has 3 rings (SSSR count). The summed E-state index contributed by atoms with van der Waals surface area (Å²) >= 11 is 6.90. The van der Waals surface area contributed by atoms with Crippen molar-refractivity contribution in [2.45, 2.75) is 20.0 Å². The van der Waals surface area contributed by atoms with Gasteiger partial charge in [-0.2, -0.15) is 13.2 Å². The third kappa shape index (κ3) is 4.12. The summed E-state index contributed by atoms with van der Waals surface area (Å²) in [5.41, 5.74) is -0.682. The largest absolute Gasteiger partial charge is 0.457 e. The lowest BCUT2D eigenvalue weighted by molar-refractivity contribution is -0.137. The summed E-state index contributed by atoms with van der Waals surface area (Å²) in [7, 11) is 0. The molecule has 0 unspecified atom stereocenters. The van der Waals surface area contributed by atoms with Crippen molar-refractivity contribution in [3.05, 3.63) is 51.6 Å². The zero-order valence-corrected chi connectivity index (χ0v) is 16.6. The average Bonchev–Trinajstić information content (AvgIpc) is 3.20. The Morgan fingerprint density at radius 1 is 1.25 bits per heavy atom. The van der Waals surface area contributed by atoms with E-state index < -0.39 is 11.7 Å². The number of carbonyl (C=O) groups is 1. The molecule has 1 aromatic carbocycles. The summed E-state index contributed by atoms with van der Waals surface area (Å²) in [6.45, 7) is 4.79. The molecule has 2 aromatic rings. The van der Waals surface area contributed by atoms with Crippen LogP contribution in [-0.2, 0) is 11.0 Å². The number of carbonyl (C=O) groups excluding carboxylic acids is 1. The van der Waals surface area contributed by atoms with Gasteiger partial charge in [-0.15, -0.1) is 0 Å². The van der Waals surface area contributed by atoms with Crippen molar-refractivity contribution in [1.29, 1.82) is 0 Å². The van der Waals surface area contributed by atoms with Crippen LogP contribution in [0, 0.1) is 0 Å². The lowest BCUT2D eigenvalue weighted by Gasteiger charge is -2.11. The fourth-order valence-corrected chi connectivity index (χ4v) is 3.96. The summed E-state index contributed by atoms with van der Waals surface area (Å²) in [5, 5.41) is 0.251. The fraction of sp³-hybridized carbons (Fsp3) is 0.263. The molecule has 148 valence electrons. The van der Waals surface area contributed by atoms with Crippen LogP contribution in [0.2, 0.25) is 5.02 Å². The van der Waals surface area contributed by atoms with Crippen molar-refractivity contribution in [3.63, 3.8) is 0 Å². The standard InChI is InChI=1S/C19H16ClF3N2O2S/c1-3-24-18-25(4-2)17(26)16(28-18)10-12-6-8-15(27-12)11-5-7-14(20)13(9-11)19(21,22)23/h5-10H,3-4H2,1-2H3/b16-10-,24-18?. The van der Waals surface area contributed by atoms with Crippen LogP contribution in [0.3, 0.4) is 0 Å². The average molecular weight is 429 g/mol. The molecule has 1 aliphatic rings. The van der Waals surface area contributed by atoms with E-state index in [0.29, 0.717) is 28.9 Å². The van der Waals surface area contributed by atoms with Crippen molar-refractivity contribution in [1.82, 2.24) is 4.90 Å². The van der Waals surface area contributed by atoms with Crippen LogP contribution in [0.15, 0.2) is 44.6 Å². The van der Waals surface area contributed by atoms with Crippen LogP contribution in [-0.4, -0.2) is 29.1 Å². The maximum atomic E-state index is 13.1. The molecule has 1 fully saturated rings. The minimum absolute atomic E-state index is 0.177. The molecule has 1 aromatic heterocycles. The van der Waals surface area contributed by atoms with E-state index in [9.17, 15) is 18.0 Å². The molecule has 2 heterocycles. The quantitative estimate of drug-likeness (QED) is 0.567. The maximum absolute atomic E-state index is 13.1. The number of nitrogens with zero attached hydrogens (tertiary/aromatic N) is 2. The number of hydrogen-bond donors (Lipinski definition) is 0. The number of amidine groups is 1. The van der Waals surface area contributed by atoms with E-state index in [1.807, 2.05) is 13.8 Å². The minimum atomic E-state index is -4.56. The lowest BCUT2D eigenvalue weighted by Crippen LogP contribution is -2.28. The number of aliphatic imine (C=N–C) groups is 1. The lowest BCUT2D eigenvalue weighted by atomic mass is 10.1. The first-order valence-electron chi connectivity index (χ1n) is 8.47. The van der Waals surface area contributed by atoms with E-state index in [4.69, 9.17) is 16.0 Å². The monoisotopic (exact) mass is 428 g/mol. The van der Waals surface area contributed by atoms with E-state index >= 15 is 0 Å². The van der Waals surface area contributed by atoms with Crippen molar-refractivity contribution in [2.75, 3.05) is 13.1 Å². The Morgan fingerprint density at radius 2 is 2.00 bits per heavy atom. The molecule has 0 radical (unpaired) electrons. The maximum Gasteiger partial charge on any atom is 0.417 e. The molecule has 0 atom stereocenters. The summed E-state index contributed by atoms with van der Waals surface area (Å²) in [4.78, 5) is 18.8. The molecule has 0 bridgehead atoms. The van der Waals surface area contributed by atoms with Gasteiger partial charge in [-0.25, -0.2) is 0 Å². The van der Waals surface area contributed by atoms with E-state index in [1.54, 1.807) is 23.1 Å². The third-order valence-electron chi connectivity index (χ3n) is 3.95. The number of furan rings is 1. The number of alkyl halides is 3. The van der Waals surface area contributed by atoms with Crippen LogP contribution in [0.5, 0.6) is 0 Å². The van der Waals surface area contributed by atoms with Gasteiger partial charge in [0.2, 0.25) is 0 Å². The molecular formula is C19H16ClF3N2O2S. The van der Waals surface area contributed by atoms with Crippen LogP contribution >= 0.6 is 23.4 Å². The third-order valence-corrected chi connectivity index (χ3v) is 5.33. The highest BCUT2D eigenvalue weighted by molar-refractivity contribution is 8.18. The van der Waals surface area contributed by atoms with Gasteiger partial charge in [0.25, 0.3) is 5.91 Å². The molecule has 1 aliphatic heterocycles. The molecule has 0 spiro atoms. The minimum Gasteiger partial charge on any atom is -0.457 e. The van der Waals surface area contributed by atoms with Crippen LogP contribution in [0.1, 0.15) is 25.2 Å². The summed E-state index contributed by atoms with van der Waals surface area (Å²) < 4.78 is 44.8. The predicted molar refractivity (Wildman–Crippen MR) is 105 cm³/mol. The number of hydrogen-bond acceptors (Lipinski definition) is 4. The molecule has 0 aliphatic carbocycles. The van der Waals surface area contributed by atoms with E-state index in [1.165, 1.54) is 23.9 Å². The van der Waals surface area contributed by atoms with Gasteiger partial charge in [-0.3, -0.25) is 14.7 Å². The molecular weight excluding hydrogens is 413 g/mol. The van der Waals surface area contributed by atoms with Gasteiger partial charge in [0, 0.05) is 24.7 Å². The molecule has 1 amide bonds. The first-order valence-corrected chi connectivity index (χ1v) is 9.66. The molecule has 9 heteroatoms. The zero-order chi connectivity index (χ0) is 20.5. The highest BCUT2D eigenvalue weighted by atomic mass is 35.5. The second-order valence-corrected chi connectivity index (χ2v) is 7.23. The number of thioether (sulfide) groups is 1. The van der Waals surface area contributed by atoms with Crippen LogP contribution in [0.4, 0.5) is 13.2 Å². The Balaban J connectivity index is 1.90. The summed E-state index contributed by atoms with van der Waals surface area (Å²) in [6.07, 6.45) is -2.99. The van der Waals surface area contributed by atoms with Crippen LogP contribution < -0.4 is 0 Å². The van der Waals surface area contributed by atoms with E-state index in [0.717, 1.165) is 6.07 Å². The Kier molecular flexibility index (Phi) is 5.90. The molecule has 28 heavy (non-hydrogen) atoms. The van der Waals surface area contributed by atoms with Gasteiger partial charge in [0.15, 0.2) is 5.17 Å². The Morgan fingerprint density at radius 3 is 2.64 bits per heavy atom. The Labute approximate surface area is 169 Å². The van der Waals surface area contributed by atoms with Crippen molar-refractivity contribution >= 4 is 40.5 Å². The SMILES string of the molecule is CCN=C1S/C(=C\c2ccc(-c3ccc(Cl)c(C(F)(F)F)c3)o2)C(=O)N1CC. The Hall–Kier alpha value is -2.19. The second-order valence-electron chi connectivity index (χ2n) is 5.81. The predicted octanol–water partition coefficient (Wildman–Crippen LogP) is 5.93. The van der Waals surface area contributed by atoms with E-state index in [-0.39, 0.29) is 22.3 Å². The molecule has 0 N–H and O–H groups in total. The van der Waals surface area contributed by atoms with Gasteiger partial charge in [-0.1, -0.05) is 11.6 Å². The number of benzene rings is 1. The van der Waals surface area contributed by atoms with Crippen molar-refractivity contribution < 1.29 is 22.4 Å². The highest BCUT2D eigenvalue weighted by Crippen LogP contribution is 2.38. The second kappa shape index (κ2) is 8.05. The number of likely N-dealkylation sites (N-methyl/N-ethyl adjacent to an activating group) is 1. The number of amides is 1. The van der Waals surface area contributed by atoms with Crippen molar-refractivity contribution in [2.24, 2.45) is 4.99 Å². The van der Waals surface area contributed by atoms with Gasteiger partial charge in [0.1, 0.15) is 11.5 Å². The number of halogens is 4. The summed E-state index contributed by atoms with van der Waals surface area (Å²) in [5.74, 6) is 0.436. The van der Waals surface area contributed by atoms with Gasteiger partial charge in [-0.05, 0) is 55.9 Å². The smallest absolute Gasteiger partial charge is 0.417 e. The van der Waals surface area contributed by atoms with Gasteiger partial charge < -0.3 is 4.42 Å². The van der Waals surface area contributed by atoms with Gasteiger partial charge in [0.05, 0.1) is 15.5 Å². The first kappa shape index (κ1) is 20.5. The molecule has 4 nitrogen and oxygen atoms in total. The Bertz CT molecular complexity index is 966. The topological polar surface area (TPSA) is 45.8 Å². The molecule has 1 saturated heterocycles. The number of rotatable bonds is 4. The normalized spacial score (nSPS) is 17.9.